The number of pyridine rings is 1. The second kappa shape index (κ2) is 7.61. The third-order valence-corrected chi connectivity index (χ3v) is 4.84. The molecule has 0 amide bonds. The lowest BCUT2D eigenvalue weighted by Gasteiger charge is -2.41. The molecule has 2 aromatic rings. The zero-order valence-electron chi connectivity index (χ0n) is 15.6. The molecular formula is C19H22N4O4. The van der Waals surface area contributed by atoms with Crippen LogP contribution in [-0.2, 0) is 4.74 Å². The molecule has 0 aliphatic carbocycles. The van der Waals surface area contributed by atoms with Crippen molar-refractivity contribution < 1.29 is 14.5 Å². The summed E-state index contributed by atoms with van der Waals surface area (Å²) < 4.78 is 4.73. The average molecular weight is 370 g/mol. The molecule has 27 heavy (non-hydrogen) atoms. The van der Waals surface area contributed by atoms with Gasteiger partial charge in [-0.2, -0.15) is 0 Å². The summed E-state index contributed by atoms with van der Waals surface area (Å²) in [4.78, 5) is 30.8. The van der Waals surface area contributed by atoms with E-state index in [-0.39, 0.29) is 17.7 Å². The van der Waals surface area contributed by atoms with Gasteiger partial charge in [0.05, 0.1) is 17.6 Å². The molecule has 1 saturated heterocycles. The number of nitrogens with zero attached hydrogens (tertiary/aromatic N) is 4. The van der Waals surface area contributed by atoms with Crippen LogP contribution >= 0.6 is 0 Å². The highest BCUT2D eigenvalue weighted by atomic mass is 16.6. The first-order valence-electron chi connectivity index (χ1n) is 8.71. The molecule has 8 nitrogen and oxygen atoms in total. The predicted octanol–water partition coefficient (Wildman–Crippen LogP) is 2.80. The highest BCUT2D eigenvalue weighted by Crippen LogP contribution is 2.26. The van der Waals surface area contributed by atoms with Crippen LogP contribution in [0.25, 0.3) is 0 Å². The zero-order valence-corrected chi connectivity index (χ0v) is 15.6. The normalized spacial score (nSPS) is 16.9. The maximum absolute atomic E-state index is 11.6. The van der Waals surface area contributed by atoms with Crippen LogP contribution in [0.2, 0.25) is 0 Å². The van der Waals surface area contributed by atoms with E-state index in [0.29, 0.717) is 11.1 Å². The minimum absolute atomic E-state index is 0.0377. The van der Waals surface area contributed by atoms with Gasteiger partial charge in [-0.3, -0.25) is 10.1 Å². The van der Waals surface area contributed by atoms with E-state index in [0.717, 1.165) is 31.1 Å². The number of esters is 1. The van der Waals surface area contributed by atoms with Crippen molar-refractivity contribution in [2.24, 2.45) is 0 Å². The van der Waals surface area contributed by atoms with E-state index in [9.17, 15) is 14.9 Å². The Morgan fingerprint density at radius 1 is 1.30 bits per heavy atom. The number of benzene rings is 1. The molecule has 1 aromatic heterocycles. The first kappa shape index (κ1) is 18.6. The zero-order chi connectivity index (χ0) is 19.6. The highest BCUT2D eigenvalue weighted by molar-refractivity contribution is 5.89. The molecule has 0 spiro atoms. The lowest BCUT2D eigenvalue weighted by molar-refractivity contribution is -0.385. The third kappa shape index (κ3) is 3.84. The number of piperazine rings is 1. The number of rotatable bonds is 4. The number of anilines is 2. The van der Waals surface area contributed by atoms with Gasteiger partial charge in [-0.15, -0.1) is 0 Å². The lowest BCUT2D eigenvalue weighted by Crippen LogP contribution is -2.52. The molecule has 8 heteroatoms. The second-order valence-electron chi connectivity index (χ2n) is 6.61. The van der Waals surface area contributed by atoms with Crippen LogP contribution in [0.15, 0.2) is 36.5 Å². The number of aryl methyl sites for hydroxylation is 1. The second-order valence-corrected chi connectivity index (χ2v) is 6.61. The van der Waals surface area contributed by atoms with Gasteiger partial charge >= 0.3 is 5.97 Å². The van der Waals surface area contributed by atoms with Crippen LogP contribution in [0.5, 0.6) is 0 Å². The largest absolute Gasteiger partial charge is 0.465 e. The van der Waals surface area contributed by atoms with Gasteiger partial charge in [-0.1, -0.05) is 0 Å². The van der Waals surface area contributed by atoms with Crippen LogP contribution in [0.4, 0.5) is 17.2 Å². The number of carbonyl (C=O) groups is 1. The van der Waals surface area contributed by atoms with Crippen molar-refractivity contribution in [2.75, 3.05) is 36.5 Å². The van der Waals surface area contributed by atoms with Crippen LogP contribution < -0.4 is 9.80 Å². The summed E-state index contributed by atoms with van der Waals surface area (Å²) in [6, 6.07) is 9.33. The molecule has 1 aliphatic rings. The molecular weight excluding hydrogens is 348 g/mol. The summed E-state index contributed by atoms with van der Waals surface area (Å²) in [5.41, 5.74) is 2.22. The maximum Gasteiger partial charge on any atom is 0.337 e. The summed E-state index contributed by atoms with van der Waals surface area (Å²) in [5.74, 6) is 0.408. The van der Waals surface area contributed by atoms with Gasteiger partial charge in [0, 0.05) is 36.9 Å². The summed E-state index contributed by atoms with van der Waals surface area (Å²) in [6.07, 6.45) is 1.33. The molecule has 1 fully saturated rings. The fourth-order valence-corrected chi connectivity index (χ4v) is 3.34. The van der Waals surface area contributed by atoms with Gasteiger partial charge in [0.2, 0.25) is 0 Å². The van der Waals surface area contributed by atoms with Gasteiger partial charge in [-0.05, 0) is 44.2 Å². The Balaban J connectivity index is 1.71. The van der Waals surface area contributed by atoms with Crippen molar-refractivity contribution in [3.8, 4) is 0 Å². The summed E-state index contributed by atoms with van der Waals surface area (Å²) in [5, 5.41) is 11.0. The maximum atomic E-state index is 11.6. The molecule has 0 saturated carbocycles. The SMILES string of the molecule is COC(=O)c1ccc(N2CCN(c3cc(C)c([N+](=O)[O-])cn3)C(C)C2)cc1. The number of aromatic nitrogens is 1. The summed E-state index contributed by atoms with van der Waals surface area (Å²) in [7, 11) is 1.37. The molecule has 0 N–H and O–H groups in total. The molecule has 1 aliphatic heterocycles. The van der Waals surface area contributed by atoms with Crippen molar-refractivity contribution in [1.82, 2.24) is 4.98 Å². The first-order chi connectivity index (χ1) is 12.9. The van der Waals surface area contributed by atoms with Crippen LogP contribution in [-0.4, -0.2) is 48.7 Å². The Bertz CT molecular complexity index is 853. The average Bonchev–Trinajstić information content (AvgIpc) is 2.67. The summed E-state index contributed by atoms with van der Waals surface area (Å²) >= 11 is 0. The monoisotopic (exact) mass is 370 g/mol. The van der Waals surface area contributed by atoms with Crippen molar-refractivity contribution in [2.45, 2.75) is 19.9 Å². The molecule has 2 heterocycles. The van der Waals surface area contributed by atoms with E-state index in [1.165, 1.54) is 13.3 Å². The van der Waals surface area contributed by atoms with E-state index in [2.05, 4.69) is 21.7 Å². The van der Waals surface area contributed by atoms with E-state index in [1.807, 2.05) is 12.1 Å². The van der Waals surface area contributed by atoms with Gasteiger partial charge in [-0.25, -0.2) is 9.78 Å². The highest BCUT2D eigenvalue weighted by Gasteiger charge is 2.26. The number of nitro groups is 1. The number of ether oxygens (including phenoxy) is 1. The Labute approximate surface area is 157 Å². The first-order valence-corrected chi connectivity index (χ1v) is 8.71. The fourth-order valence-electron chi connectivity index (χ4n) is 3.34. The van der Waals surface area contributed by atoms with Gasteiger partial charge < -0.3 is 14.5 Å². The Hall–Kier alpha value is -3.16. The topological polar surface area (TPSA) is 88.8 Å². The molecule has 142 valence electrons. The minimum Gasteiger partial charge on any atom is -0.465 e. The van der Waals surface area contributed by atoms with Crippen molar-refractivity contribution in [1.29, 1.82) is 0 Å². The van der Waals surface area contributed by atoms with E-state index < -0.39 is 4.92 Å². The van der Waals surface area contributed by atoms with Crippen LogP contribution in [0.3, 0.4) is 0 Å². The fraction of sp³-hybridized carbons (Fsp3) is 0.368. The van der Waals surface area contributed by atoms with Crippen molar-refractivity contribution in [3.05, 3.63) is 57.8 Å². The van der Waals surface area contributed by atoms with Gasteiger partial charge in [0.25, 0.3) is 5.69 Å². The number of methoxy groups -OCH3 is 1. The predicted molar refractivity (Wildman–Crippen MR) is 102 cm³/mol. The standard InChI is InChI=1S/C19H22N4O4/c1-13-10-18(20-11-17(13)23(25)26)22-9-8-21(12-14(22)2)16-6-4-15(5-7-16)19(24)27-3/h4-7,10-11,14H,8-9,12H2,1-3H3. The van der Waals surface area contributed by atoms with Gasteiger partial charge in [0.1, 0.15) is 12.0 Å². The summed E-state index contributed by atoms with van der Waals surface area (Å²) in [6.45, 7) is 6.17. The minimum atomic E-state index is -0.411. The molecule has 1 atom stereocenters. The van der Waals surface area contributed by atoms with Crippen LogP contribution in [0, 0.1) is 17.0 Å². The van der Waals surface area contributed by atoms with Crippen molar-refractivity contribution in [3.63, 3.8) is 0 Å². The van der Waals surface area contributed by atoms with Crippen molar-refractivity contribution >= 4 is 23.2 Å². The van der Waals surface area contributed by atoms with E-state index in [4.69, 9.17) is 4.74 Å². The Morgan fingerprint density at radius 2 is 2.00 bits per heavy atom. The molecule has 0 radical (unpaired) electrons. The van der Waals surface area contributed by atoms with Gasteiger partial charge in [0.15, 0.2) is 0 Å². The Kier molecular flexibility index (Phi) is 5.25. The van der Waals surface area contributed by atoms with E-state index in [1.54, 1.807) is 25.1 Å². The molecule has 1 unspecified atom stereocenters. The number of hydrogen-bond donors (Lipinski definition) is 0. The molecule has 3 rings (SSSR count). The van der Waals surface area contributed by atoms with E-state index >= 15 is 0 Å². The third-order valence-electron chi connectivity index (χ3n) is 4.84. The quantitative estimate of drug-likeness (QED) is 0.464. The Morgan fingerprint density at radius 3 is 2.56 bits per heavy atom. The van der Waals surface area contributed by atoms with Crippen LogP contribution in [0.1, 0.15) is 22.8 Å². The molecule has 0 bridgehead atoms. The lowest BCUT2D eigenvalue weighted by atomic mass is 10.1. The number of carbonyl (C=O) groups excluding carboxylic acids is 1. The number of hydrogen-bond acceptors (Lipinski definition) is 7. The molecule has 1 aromatic carbocycles. The smallest absolute Gasteiger partial charge is 0.337 e.